The molecule has 3 aliphatic heterocycles. The van der Waals surface area contributed by atoms with Crippen LogP contribution in [0.15, 0.2) is 11.6 Å². The van der Waals surface area contributed by atoms with Crippen molar-refractivity contribution in [2.24, 2.45) is 45.3 Å². The Kier molecular flexibility index (Phi) is 16.2. The molecule has 7 aliphatic rings. The van der Waals surface area contributed by atoms with E-state index in [0.29, 0.717) is 30.6 Å². The highest BCUT2D eigenvalue weighted by atomic mass is 16.8. The van der Waals surface area contributed by atoms with Gasteiger partial charge < -0.3 is 89.7 Å². The van der Waals surface area contributed by atoms with E-state index in [0.717, 1.165) is 44.9 Å². The quantitative estimate of drug-likeness (QED) is 0.0987. The monoisotopic (exact) mass is 961 g/mol. The summed E-state index contributed by atoms with van der Waals surface area (Å²) in [5.41, 5.74) is -0.0351. The second-order valence-electron chi connectivity index (χ2n) is 23.3. The minimum Gasteiger partial charge on any atom is -0.396 e. The summed E-state index contributed by atoms with van der Waals surface area (Å²) in [4.78, 5) is 0. The van der Waals surface area contributed by atoms with E-state index >= 15 is 0 Å². The predicted molar refractivity (Wildman–Crippen MR) is 238 cm³/mol. The summed E-state index contributed by atoms with van der Waals surface area (Å²) >= 11 is 0. The molecule has 7 rings (SSSR count). The summed E-state index contributed by atoms with van der Waals surface area (Å²) in [6.45, 7) is 15.6. The molecule has 12 N–H and O–H groups in total. The van der Waals surface area contributed by atoms with E-state index in [4.69, 9.17) is 28.4 Å². The molecule has 0 aromatic carbocycles. The number of hydrogen-bond donors (Lipinski definition) is 12. The second-order valence-corrected chi connectivity index (χ2v) is 23.3. The lowest BCUT2D eigenvalue weighted by Crippen LogP contribution is -2.65. The summed E-state index contributed by atoms with van der Waals surface area (Å²) in [5, 5.41) is 129. The van der Waals surface area contributed by atoms with Crippen molar-refractivity contribution in [3.8, 4) is 0 Å². The second kappa shape index (κ2) is 20.1. The van der Waals surface area contributed by atoms with Crippen LogP contribution in [0.4, 0.5) is 0 Å². The van der Waals surface area contributed by atoms with E-state index in [1.54, 1.807) is 13.8 Å². The molecule has 0 radical (unpaired) electrons. The molecule has 18 heteroatoms. The Morgan fingerprint density at radius 3 is 1.94 bits per heavy atom. The Bertz CT molecular complexity index is 1690. The van der Waals surface area contributed by atoms with Crippen LogP contribution < -0.4 is 0 Å². The van der Waals surface area contributed by atoms with Crippen LogP contribution in [0, 0.1) is 45.3 Å². The van der Waals surface area contributed by atoms with Gasteiger partial charge in [0, 0.05) is 12.0 Å². The zero-order valence-corrected chi connectivity index (χ0v) is 40.7. The van der Waals surface area contributed by atoms with Crippen molar-refractivity contribution in [1.29, 1.82) is 0 Å². The van der Waals surface area contributed by atoms with Crippen LogP contribution in [0.5, 0.6) is 0 Å². The maximum atomic E-state index is 11.7. The molecule has 0 spiro atoms. The van der Waals surface area contributed by atoms with Crippen molar-refractivity contribution in [2.75, 3.05) is 19.8 Å². The number of aliphatic hydroxyl groups is 12. The van der Waals surface area contributed by atoms with E-state index in [-0.39, 0.29) is 40.1 Å². The molecule has 18 nitrogen and oxygen atoms in total. The van der Waals surface area contributed by atoms with Gasteiger partial charge >= 0.3 is 0 Å². The highest BCUT2D eigenvalue weighted by Crippen LogP contribution is 2.75. The number of allylic oxidation sites excluding steroid dienone is 1. The van der Waals surface area contributed by atoms with E-state index in [9.17, 15) is 61.3 Å². The number of aliphatic hydroxyl groups excluding tert-OH is 11. The van der Waals surface area contributed by atoms with Crippen molar-refractivity contribution >= 4 is 0 Å². The fourth-order valence-corrected chi connectivity index (χ4v) is 14.2. The largest absolute Gasteiger partial charge is 0.396 e. The van der Waals surface area contributed by atoms with Gasteiger partial charge in [0.1, 0.15) is 67.1 Å². The molecule has 3 saturated heterocycles. The van der Waals surface area contributed by atoms with Gasteiger partial charge in [0.05, 0.1) is 37.1 Å². The van der Waals surface area contributed by atoms with Gasteiger partial charge in [-0.2, -0.15) is 0 Å². The summed E-state index contributed by atoms with van der Waals surface area (Å²) in [6, 6.07) is 0. The van der Waals surface area contributed by atoms with Crippen molar-refractivity contribution < 1.29 is 89.7 Å². The van der Waals surface area contributed by atoms with Crippen molar-refractivity contribution in [2.45, 2.75) is 230 Å². The number of hydrogen-bond acceptors (Lipinski definition) is 18. The fraction of sp³-hybridized carbons (Fsp3) is 0.959. The average molecular weight is 961 g/mol. The molecule has 6 fully saturated rings. The van der Waals surface area contributed by atoms with E-state index in [1.807, 2.05) is 0 Å². The van der Waals surface area contributed by atoms with Crippen molar-refractivity contribution in [1.82, 2.24) is 0 Å². The highest BCUT2D eigenvalue weighted by molar-refractivity contribution is 5.30. The summed E-state index contributed by atoms with van der Waals surface area (Å²) in [5.74, 6) is 1.53. The molecule has 8 unspecified atom stereocenters. The molecular formula is C49H84O18. The molecular weight excluding hydrogens is 877 g/mol. The van der Waals surface area contributed by atoms with Crippen LogP contribution in [0.1, 0.15) is 120 Å². The molecule has 67 heavy (non-hydrogen) atoms. The smallest absolute Gasteiger partial charge is 0.187 e. The molecule has 4 aliphatic carbocycles. The lowest BCUT2D eigenvalue weighted by Gasteiger charge is -2.66. The van der Waals surface area contributed by atoms with Crippen LogP contribution in [-0.4, -0.2) is 191 Å². The van der Waals surface area contributed by atoms with Gasteiger partial charge in [-0.1, -0.05) is 53.2 Å². The molecule has 388 valence electrons. The molecule has 0 bridgehead atoms. The topological polar surface area (TPSA) is 298 Å². The third-order valence-electron chi connectivity index (χ3n) is 18.8. The van der Waals surface area contributed by atoms with E-state index in [1.165, 1.54) is 5.57 Å². The zero-order valence-electron chi connectivity index (χ0n) is 40.7. The third-order valence-corrected chi connectivity index (χ3v) is 18.8. The minimum absolute atomic E-state index is 0.0445. The van der Waals surface area contributed by atoms with Gasteiger partial charge in [0.15, 0.2) is 18.9 Å². The van der Waals surface area contributed by atoms with Crippen LogP contribution in [0.25, 0.3) is 0 Å². The van der Waals surface area contributed by atoms with Crippen LogP contribution in [0.3, 0.4) is 0 Å². The Morgan fingerprint density at radius 2 is 1.30 bits per heavy atom. The van der Waals surface area contributed by atoms with E-state index < -0.39 is 124 Å². The summed E-state index contributed by atoms with van der Waals surface area (Å²) < 4.78 is 35.9. The maximum absolute atomic E-state index is 11.7. The molecule has 3 heterocycles. The van der Waals surface area contributed by atoms with Crippen LogP contribution in [-0.2, 0) is 28.4 Å². The van der Waals surface area contributed by atoms with Crippen molar-refractivity contribution in [3.63, 3.8) is 0 Å². The third kappa shape index (κ3) is 9.60. The standard InChI is InChI=1S/C49H84O18/c1-23(24-15-17-49(8)30-12-10-25-26(11-13-31(52)45(25,2)3)47(30,6)18-19-48(24,49)7)9-14-32(46(4,5)61)66-44-41(67-43-40(60)37(57)34(54)28(21-51)64-43)38(58)35(55)29(65-44)22-62-42-39(59)36(56)33(53)27(63-42)16-20-50/h10,23-24,26-44,50-61H,9,11-22H2,1-8H3/t23?,24?,26?,27-,28-,29-,30?,31+,32?,33-,34-,35-,36+,37+,38+,39-,40-,41-,42-,43+,44+,47?,48?,49?/m1/s1. The molecule has 0 aromatic heterocycles. The van der Waals surface area contributed by atoms with Gasteiger partial charge in [0.2, 0.25) is 0 Å². The number of rotatable bonds is 15. The molecule has 0 amide bonds. The SMILES string of the molecule is CC(CCC(O[C@@H]1O[C@H](CO[C@@H]2O[C@H](CCO)[C@@H](O)[C@H](O)[C@H]2O)[C@@H](O)[C@H](O)[C@H]1O[C@@H]1O[C@H](CO)[C@@H](O)[C@H](O)[C@H]1O)C(C)(C)O)C1CCC2(C)C3CC=C4C(CC[C@H](O)C4(C)C)C3(C)CCC12C. The minimum atomic E-state index is -1.88. The van der Waals surface area contributed by atoms with Gasteiger partial charge in [0.25, 0.3) is 0 Å². The number of fused-ring (bicyclic) bond motifs is 5. The van der Waals surface area contributed by atoms with Gasteiger partial charge in [-0.05, 0) is 118 Å². The first-order valence-corrected chi connectivity index (χ1v) is 24.9. The van der Waals surface area contributed by atoms with Crippen molar-refractivity contribution in [3.05, 3.63) is 11.6 Å². The maximum Gasteiger partial charge on any atom is 0.187 e. The van der Waals surface area contributed by atoms with E-state index in [2.05, 4.69) is 47.6 Å². The first-order valence-electron chi connectivity index (χ1n) is 24.9. The van der Waals surface area contributed by atoms with Crippen LogP contribution in [0.2, 0.25) is 0 Å². The van der Waals surface area contributed by atoms with Crippen LogP contribution >= 0.6 is 0 Å². The zero-order chi connectivity index (χ0) is 49.3. The first kappa shape index (κ1) is 53.8. The Labute approximate surface area is 395 Å². The average Bonchev–Trinajstić information content (AvgIpc) is 3.55. The summed E-state index contributed by atoms with van der Waals surface area (Å²) in [6.07, 6.45) is -15.2. The normalized spacial score (nSPS) is 49.9. The highest BCUT2D eigenvalue weighted by Gasteiger charge is 2.67. The fourth-order valence-electron chi connectivity index (χ4n) is 14.2. The predicted octanol–water partition coefficient (Wildman–Crippen LogP) is 0.363. The number of ether oxygens (including phenoxy) is 6. The molecule has 0 aromatic rings. The first-order chi connectivity index (χ1) is 31.3. The Morgan fingerprint density at radius 1 is 0.687 bits per heavy atom. The Hall–Kier alpha value is -0.980. The molecule has 24 atom stereocenters. The molecule has 3 saturated carbocycles. The lowest BCUT2D eigenvalue weighted by molar-refractivity contribution is -0.380. The van der Waals surface area contributed by atoms with Gasteiger partial charge in [-0.25, -0.2) is 0 Å². The Balaban J connectivity index is 1.09. The summed E-state index contributed by atoms with van der Waals surface area (Å²) in [7, 11) is 0. The van der Waals surface area contributed by atoms with Gasteiger partial charge in [-0.15, -0.1) is 0 Å². The van der Waals surface area contributed by atoms with Gasteiger partial charge in [-0.3, -0.25) is 0 Å². The lowest BCUT2D eigenvalue weighted by atomic mass is 9.39.